The first kappa shape index (κ1) is 19.7. The van der Waals surface area contributed by atoms with Crippen molar-refractivity contribution in [1.29, 1.82) is 0 Å². The van der Waals surface area contributed by atoms with Gasteiger partial charge in [0.05, 0.1) is 25.7 Å². The van der Waals surface area contributed by atoms with Crippen molar-refractivity contribution in [2.45, 2.75) is 20.0 Å². The second-order valence-electron chi connectivity index (χ2n) is 6.27. The number of rotatable bonds is 8. The van der Waals surface area contributed by atoms with Crippen LogP contribution in [0.3, 0.4) is 0 Å². The molecule has 1 unspecified atom stereocenters. The molecule has 0 bridgehead atoms. The van der Waals surface area contributed by atoms with Crippen LogP contribution in [0.25, 0.3) is 0 Å². The molecule has 0 radical (unpaired) electrons. The van der Waals surface area contributed by atoms with E-state index < -0.39 is 0 Å². The Kier molecular flexibility index (Phi) is 7.36. The predicted molar refractivity (Wildman–Crippen MR) is 99.5 cm³/mol. The Balaban J connectivity index is 2.12. The van der Waals surface area contributed by atoms with Crippen molar-refractivity contribution in [3.8, 4) is 0 Å². The van der Waals surface area contributed by atoms with E-state index in [1.165, 1.54) is 19.8 Å². The molecule has 0 saturated heterocycles. The summed E-state index contributed by atoms with van der Waals surface area (Å²) in [5, 5.41) is 0. The highest BCUT2D eigenvalue weighted by Crippen LogP contribution is 2.14. The fourth-order valence-corrected chi connectivity index (χ4v) is 2.81. The highest BCUT2D eigenvalue weighted by Gasteiger charge is 2.18. The molecule has 0 amide bonds. The number of carbonyl (C=O) groups excluding carboxylic acids is 2. The zero-order chi connectivity index (χ0) is 18.9. The Bertz CT molecular complexity index is 713. The topological polar surface area (TPSA) is 55.8 Å². The summed E-state index contributed by atoms with van der Waals surface area (Å²) in [6.07, 6.45) is 0. The average molecular weight is 355 g/mol. The van der Waals surface area contributed by atoms with Crippen molar-refractivity contribution in [1.82, 2.24) is 4.90 Å². The van der Waals surface area contributed by atoms with Crippen LogP contribution in [0.1, 0.15) is 28.4 Å². The van der Waals surface area contributed by atoms with Crippen LogP contribution in [0.4, 0.5) is 0 Å². The third kappa shape index (κ3) is 5.70. The van der Waals surface area contributed by atoms with Gasteiger partial charge in [-0.1, -0.05) is 49.4 Å². The Morgan fingerprint density at radius 1 is 0.885 bits per heavy atom. The van der Waals surface area contributed by atoms with Gasteiger partial charge < -0.3 is 9.47 Å². The van der Waals surface area contributed by atoms with E-state index in [2.05, 4.69) is 17.0 Å². The maximum Gasteiger partial charge on any atom is 0.337 e. The van der Waals surface area contributed by atoms with Crippen molar-refractivity contribution in [2.75, 3.05) is 20.8 Å². The predicted octanol–water partition coefficient (Wildman–Crippen LogP) is 3.28. The number of benzene rings is 2. The molecule has 0 saturated carbocycles. The maximum absolute atomic E-state index is 11.8. The fourth-order valence-electron chi connectivity index (χ4n) is 2.81. The van der Waals surface area contributed by atoms with Gasteiger partial charge in [0.1, 0.15) is 0 Å². The van der Waals surface area contributed by atoms with Gasteiger partial charge in [-0.25, -0.2) is 4.79 Å². The van der Waals surface area contributed by atoms with Crippen LogP contribution in [0.2, 0.25) is 0 Å². The minimum absolute atomic E-state index is 0.218. The van der Waals surface area contributed by atoms with E-state index in [0.29, 0.717) is 18.7 Å². The molecule has 0 aromatic heterocycles. The van der Waals surface area contributed by atoms with Gasteiger partial charge in [0.15, 0.2) is 0 Å². The molecule has 26 heavy (non-hydrogen) atoms. The van der Waals surface area contributed by atoms with E-state index in [1.807, 2.05) is 37.3 Å². The largest absolute Gasteiger partial charge is 0.469 e. The average Bonchev–Trinajstić information content (AvgIpc) is 2.68. The van der Waals surface area contributed by atoms with Crippen LogP contribution < -0.4 is 0 Å². The molecule has 2 rings (SSSR count). The number of nitrogens with zero attached hydrogens (tertiary/aromatic N) is 1. The van der Waals surface area contributed by atoms with Crippen LogP contribution >= 0.6 is 0 Å². The minimum Gasteiger partial charge on any atom is -0.469 e. The monoisotopic (exact) mass is 355 g/mol. The van der Waals surface area contributed by atoms with Crippen LogP contribution in [0.5, 0.6) is 0 Å². The van der Waals surface area contributed by atoms with Gasteiger partial charge in [-0.2, -0.15) is 0 Å². The lowest BCUT2D eigenvalue weighted by molar-refractivity contribution is -0.145. The molecule has 2 aromatic rings. The Morgan fingerprint density at radius 3 is 2.00 bits per heavy atom. The van der Waals surface area contributed by atoms with Gasteiger partial charge in [0.25, 0.3) is 0 Å². The summed E-state index contributed by atoms with van der Waals surface area (Å²) >= 11 is 0. The standard InChI is InChI=1S/C21H25NO4/c1-16(20(23)25-2)13-22(14-17-7-5-4-6-8-17)15-18-9-11-19(12-10-18)21(24)26-3/h4-12,16H,13-15H2,1-3H3. The Morgan fingerprint density at radius 2 is 1.46 bits per heavy atom. The normalized spacial score (nSPS) is 11.8. The van der Waals surface area contributed by atoms with Crippen molar-refractivity contribution < 1.29 is 19.1 Å². The van der Waals surface area contributed by atoms with Gasteiger partial charge in [-0.05, 0) is 23.3 Å². The zero-order valence-corrected chi connectivity index (χ0v) is 15.5. The minimum atomic E-state index is -0.350. The Hall–Kier alpha value is -2.66. The first-order valence-corrected chi connectivity index (χ1v) is 8.55. The van der Waals surface area contributed by atoms with E-state index in [1.54, 1.807) is 12.1 Å². The third-order valence-electron chi connectivity index (χ3n) is 4.17. The van der Waals surface area contributed by atoms with Crippen LogP contribution in [-0.2, 0) is 27.4 Å². The molecular formula is C21H25NO4. The number of hydrogen-bond donors (Lipinski definition) is 0. The second kappa shape index (κ2) is 9.73. The summed E-state index contributed by atoms with van der Waals surface area (Å²) in [4.78, 5) is 25.6. The molecule has 5 nitrogen and oxygen atoms in total. The van der Waals surface area contributed by atoms with Crippen molar-refractivity contribution in [2.24, 2.45) is 5.92 Å². The van der Waals surface area contributed by atoms with E-state index in [9.17, 15) is 9.59 Å². The number of hydrogen-bond acceptors (Lipinski definition) is 5. The smallest absolute Gasteiger partial charge is 0.337 e. The number of methoxy groups -OCH3 is 2. The second-order valence-corrected chi connectivity index (χ2v) is 6.27. The van der Waals surface area contributed by atoms with Gasteiger partial charge in [-0.3, -0.25) is 9.69 Å². The molecule has 0 spiro atoms. The van der Waals surface area contributed by atoms with Crippen LogP contribution in [-0.4, -0.2) is 37.6 Å². The summed E-state index contributed by atoms with van der Waals surface area (Å²) in [7, 11) is 2.78. The van der Waals surface area contributed by atoms with E-state index >= 15 is 0 Å². The molecule has 0 aliphatic carbocycles. The highest BCUT2D eigenvalue weighted by molar-refractivity contribution is 5.89. The molecule has 1 atom stereocenters. The summed E-state index contributed by atoms with van der Waals surface area (Å²) < 4.78 is 9.58. The lowest BCUT2D eigenvalue weighted by atomic mass is 10.1. The van der Waals surface area contributed by atoms with Crippen molar-refractivity contribution >= 4 is 11.9 Å². The fraction of sp³-hybridized carbons (Fsp3) is 0.333. The van der Waals surface area contributed by atoms with Gasteiger partial charge in [-0.15, -0.1) is 0 Å². The molecule has 0 fully saturated rings. The van der Waals surface area contributed by atoms with Gasteiger partial charge in [0, 0.05) is 19.6 Å². The molecule has 0 heterocycles. The molecule has 138 valence electrons. The molecule has 0 N–H and O–H groups in total. The molecule has 5 heteroatoms. The first-order chi connectivity index (χ1) is 12.5. The molecule has 0 aliphatic rings. The molecule has 2 aromatic carbocycles. The van der Waals surface area contributed by atoms with E-state index in [0.717, 1.165) is 12.1 Å². The van der Waals surface area contributed by atoms with Gasteiger partial charge in [0.2, 0.25) is 0 Å². The molecular weight excluding hydrogens is 330 g/mol. The number of carbonyl (C=O) groups is 2. The van der Waals surface area contributed by atoms with E-state index in [-0.39, 0.29) is 17.9 Å². The van der Waals surface area contributed by atoms with Crippen molar-refractivity contribution in [3.63, 3.8) is 0 Å². The van der Waals surface area contributed by atoms with Gasteiger partial charge >= 0.3 is 11.9 Å². The van der Waals surface area contributed by atoms with E-state index in [4.69, 9.17) is 9.47 Å². The van der Waals surface area contributed by atoms with Crippen molar-refractivity contribution in [3.05, 3.63) is 71.3 Å². The summed E-state index contributed by atoms with van der Waals surface area (Å²) in [6, 6.07) is 17.4. The maximum atomic E-state index is 11.8. The SMILES string of the molecule is COC(=O)c1ccc(CN(Cc2ccccc2)CC(C)C(=O)OC)cc1. The quantitative estimate of drug-likeness (QED) is 0.680. The molecule has 0 aliphatic heterocycles. The lowest BCUT2D eigenvalue weighted by Gasteiger charge is -2.25. The third-order valence-corrected chi connectivity index (χ3v) is 4.17. The summed E-state index contributed by atoms with van der Waals surface area (Å²) in [5.41, 5.74) is 2.76. The van der Waals surface area contributed by atoms with Crippen LogP contribution in [0, 0.1) is 5.92 Å². The highest BCUT2D eigenvalue weighted by atomic mass is 16.5. The number of esters is 2. The first-order valence-electron chi connectivity index (χ1n) is 8.55. The summed E-state index contributed by atoms with van der Waals surface area (Å²) in [5.74, 6) is -0.792. The Labute approximate surface area is 154 Å². The number of ether oxygens (including phenoxy) is 2. The van der Waals surface area contributed by atoms with Crippen LogP contribution in [0.15, 0.2) is 54.6 Å². The summed E-state index contributed by atoms with van der Waals surface area (Å²) in [6.45, 7) is 3.84. The zero-order valence-electron chi connectivity index (χ0n) is 15.5. The lowest BCUT2D eigenvalue weighted by Crippen LogP contribution is -2.31.